The van der Waals surface area contributed by atoms with Crippen molar-refractivity contribution >= 4 is 70.5 Å². The third kappa shape index (κ3) is 5.08. The van der Waals surface area contributed by atoms with Gasteiger partial charge >= 0.3 is 0 Å². The molecule has 4 heteroatoms. The Kier molecular flexibility index (Phi) is 7.00. The molecule has 0 bridgehead atoms. The van der Waals surface area contributed by atoms with E-state index >= 15 is 0 Å². The summed E-state index contributed by atoms with van der Waals surface area (Å²) in [6.45, 7) is 0. The molecule has 0 amide bonds. The molecule has 0 aliphatic rings. The van der Waals surface area contributed by atoms with E-state index in [9.17, 15) is 0 Å². The number of fused-ring (bicyclic) bond motifs is 6. The highest BCUT2D eigenvalue weighted by atomic mass is 32.1. The van der Waals surface area contributed by atoms with Crippen LogP contribution in [-0.4, -0.2) is 4.98 Å². The maximum atomic E-state index is 6.61. The van der Waals surface area contributed by atoms with Crippen LogP contribution in [0.4, 0.5) is 17.1 Å². The lowest BCUT2D eigenvalue weighted by molar-refractivity contribution is 0.669. The smallest absolute Gasteiger partial charge is 0.159 e. The number of thiophene rings is 1. The van der Waals surface area contributed by atoms with Crippen molar-refractivity contribution in [3.63, 3.8) is 0 Å². The Bertz CT molecular complexity index is 2800. The van der Waals surface area contributed by atoms with Crippen LogP contribution in [-0.2, 0) is 0 Å². The molecule has 51 heavy (non-hydrogen) atoms. The van der Waals surface area contributed by atoms with Gasteiger partial charge in [0.2, 0.25) is 0 Å². The Labute approximate surface area is 299 Å². The van der Waals surface area contributed by atoms with E-state index in [-0.39, 0.29) is 0 Å². The Balaban J connectivity index is 1.21. The second-order valence-electron chi connectivity index (χ2n) is 12.7. The normalized spacial score (nSPS) is 11.5. The minimum Gasteiger partial charge on any atom is -0.454 e. The van der Waals surface area contributed by atoms with Gasteiger partial charge in [0.25, 0.3) is 0 Å². The minimum absolute atomic E-state index is 0.871. The molecule has 10 aromatic rings. The largest absolute Gasteiger partial charge is 0.454 e. The van der Waals surface area contributed by atoms with E-state index in [2.05, 4.69) is 169 Å². The zero-order chi connectivity index (χ0) is 33.7. The van der Waals surface area contributed by atoms with Crippen LogP contribution in [0.3, 0.4) is 0 Å². The Morgan fingerprint density at radius 3 is 1.88 bits per heavy atom. The first-order chi connectivity index (χ1) is 25.3. The molecule has 3 nitrogen and oxygen atoms in total. The topological polar surface area (TPSA) is 29.3 Å². The molecule has 10 rings (SSSR count). The molecule has 0 fully saturated rings. The maximum absolute atomic E-state index is 6.61. The summed E-state index contributed by atoms with van der Waals surface area (Å²) in [7, 11) is 0. The lowest BCUT2D eigenvalue weighted by atomic mass is 9.99. The molecule has 0 atom stereocenters. The number of nitrogens with zero attached hydrogens (tertiary/aromatic N) is 2. The molecule has 0 aliphatic carbocycles. The Morgan fingerprint density at radius 1 is 0.431 bits per heavy atom. The molecule has 240 valence electrons. The number of para-hydroxylation sites is 3. The van der Waals surface area contributed by atoms with E-state index < -0.39 is 0 Å². The van der Waals surface area contributed by atoms with Gasteiger partial charge in [-0.15, -0.1) is 11.3 Å². The molecule has 0 unspecified atom stereocenters. The Morgan fingerprint density at radius 2 is 1.08 bits per heavy atom. The summed E-state index contributed by atoms with van der Waals surface area (Å²) in [6, 6.07) is 64.2. The minimum atomic E-state index is 0.871. The molecule has 0 saturated carbocycles. The standard InChI is InChI=1S/C47H30N2OS/c1-4-14-31(15-5-1)34-29-39(32-16-6-2-7-17-32)48-40(30-34)33-26-27-44-38(28-33)46-41(22-13-25-45(46)51-44)49(35-18-8-3-9-19-35)42-23-12-21-37-36-20-10-11-24-43(36)50-47(37)42/h1-30H. The third-order valence-corrected chi connectivity index (χ3v) is 10.8. The summed E-state index contributed by atoms with van der Waals surface area (Å²) >= 11 is 1.82. The van der Waals surface area contributed by atoms with Crippen LogP contribution < -0.4 is 4.90 Å². The molecule has 0 aliphatic heterocycles. The number of pyridine rings is 1. The molecule has 3 aromatic heterocycles. The van der Waals surface area contributed by atoms with Crippen LogP contribution in [0.5, 0.6) is 0 Å². The predicted octanol–water partition coefficient (Wildman–Crippen LogP) is 13.8. The van der Waals surface area contributed by atoms with Gasteiger partial charge in [-0.1, -0.05) is 121 Å². The average molecular weight is 671 g/mol. The number of hydrogen-bond acceptors (Lipinski definition) is 4. The van der Waals surface area contributed by atoms with Gasteiger partial charge in [-0.3, -0.25) is 0 Å². The summed E-state index contributed by atoms with van der Waals surface area (Å²) in [5, 5.41) is 4.63. The lowest BCUT2D eigenvalue weighted by Crippen LogP contribution is -2.10. The zero-order valence-electron chi connectivity index (χ0n) is 27.5. The van der Waals surface area contributed by atoms with Crippen LogP contribution in [0.15, 0.2) is 186 Å². The molecule has 0 radical (unpaired) electrons. The summed E-state index contributed by atoms with van der Waals surface area (Å²) in [6.07, 6.45) is 0. The summed E-state index contributed by atoms with van der Waals surface area (Å²) in [5.74, 6) is 0. The van der Waals surface area contributed by atoms with Crippen LogP contribution in [0.1, 0.15) is 0 Å². The van der Waals surface area contributed by atoms with E-state index in [0.29, 0.717) is 0 Å². The van der Waals surface area contributed by atoms with Crippen LogP contribution in [0.2, 0.25) is 0 Å². The van der Waals surface area contributed by atoms with E-state index in [1.165, 1.54) is 25.7 Å². The van der Waals surface area contributed by atoms with E-state index in [1.807, 2.05) is 29.5 Å². The fourth-order valence-electron chi connectivity index (χ4n) is 7.28. The molecule has 3 heterocycles. The van der Waals surface area contributed by atoms with Crippen molar-refractivity contribution in [3.8, 4) is 33.6 Å². The SMILES string of the molecule is c1ccc(-c2cc(-c3ccccc3)nc(-c3ccc4sc5cccc(N(c6ccccc6)c6cccc7c6oc6ccccc67)c5c4c3)c2)cc1. The number of aromatic nitrogens is 1. The van der Waals surface area contributed by atoms with Gasteiger partial charge in [-0.25, -0.2) is 4.98 Å². The average Bonchev–Trinajstić information content (AvgIpc) is 3.78. The van der Waals surface area contributed by atoms with Crippen molar-refractivity contribution in [2.24, 2.45) is 0 Å². The van der Waals surface area contributed by atoms with Gasteiger partial charge < -0.3 is 9.32 Å². The number of rotatable bonds is 6. The van der Waals surface area contributed by atoms with E-state index in [4.69, 9.17) is 9.40 Å². The molecule has 0 N–H and O–H groups in total. The fraction of sp³-hybridized carbons (Fsp3) is 0. The van der Waals surface area contributed by atoms with Gasteiger partial charge in [0.15, 0.2) is 5.58 Å². The Hall–Kier alpha value is -6.49. The van der Waals surface area contributed by atoms with Gasteiger partial charge in [0, 0.05) is 47.8 Å². The summed E-state index contributed by atoms with van der Waals surface area (Å²) < 4.78 is 9.08. The number of anilines is 3. The van der Waals surface area contributed by atoms with Crippen LogP contribution in [0, 0.1) is 0 Å². The van der Waals surface area contributed by atoms with Crippen molar-refractivity contribution in [2.75, 3.05) is 4.90 Å². The van der Waals surface area contributed by atoms with Crippen molar-refractivity contribution in [3.05, 3.63) is 182 Å². The fourth-order valence-corrected chi connectivity index (χ4v) is 8.39. The van der Waals surface area contributed by atoms with Crippen molar-refractivity contribution in [2.45, 2.75) is 0 Å². The third-order valence-electron chi connectivity index (χ3n) is 9.65. The van der Waals surface area contributed by atoms with Gasteiger partial charge in [0.05, 0.1) is 22.8 Å². The summed E-state index contributed by atoms with van der Waals surface area (Å²) in [4.78, 5) is 7.61. The van der Waals surface area contributed by atoms with Crippen LogP contribution in [0.25, 0.3) is 75.8 Å². The first-order valence-electron chi connectivity index (χ1n) is 17.1. The predicted molar refractivity (Wildman–Crippen MR) is 215 cm³/mol. The quantitative estimate of drug-likeness (QED) is 0.176. The van der Waals surface area contributed by atoms with Crippen molar-refractivity contribution < 1.29 is 4.42 Å². The molecular formula is C47H30N2OS. The van der Waals surface area contributed by atoms with E-state index in [0.717, 1.165) is 67.1 Å². The highest BCUT2D eigenvalue weighted by molar-refractivity contribution is 7.26. The summed E-state index contributed by atoms with van der Waals surface area (Å²) in [5.41, 5.74) is 11.3. The first kappa shape index (κ1) is 29.4. The zero-order valence-corrected chi connectivity index (χ0v) is 28.3. The maximum Gasteiger partial charge on any atom is 0.159 e. The molecule has 0 saturated heterocycles. The molecule has 0 spiro atoms. The number of benzene rings is 7. The van der Waals surface area contributed by atoms with Crippen LogP contribution >= 0.6 is 11.3 Å². The van der Waals surface area contributed by atoms with Gasteiger partial charge in [-0.2, -0.15) is 0 Å². The van der Waals surface area contributed by atoms with Crippen molar-refractivity contribution in [1.82, 2.24) is 4.98 Å². The highest BCUT2D eigenvalue weighted by Crippen LogP contribution is 2.48. The second-order valence-corrected chi connectivity index (χ2v) is 13.8. The number of hydrogen-bond donors (Lipinski definition) is 0. The second kappa shape index (κ2) is 12.1. The molecular weight excluding hydrogens is 641 g/mol. The number of furan rings is 1. The lowest BCUT2D eigenvalue weighted by Gasteiger charge is -2.26. The highest BCUT2D eigenvalue weighted by Gasteiger charge is 2.22. The van der Waals surface area contributed by atoms with Crippen molar-refractivity contribution in [1.29, 1.82) is 0 Å². The molecule has 7 aromatic carbocycles. The van der Waals surface area contributed by atoms with Gasteiger partial charge in [0.1, 0.15) is 5.58 Å². The van der Waals surface area contributed by atoms with E-state index in [1.54, 1.807) is 0 Å². The monoisotopic (exact) mass is 670 g/mol. The first-order valence-corrected chi connectivity index (χ1v) is 17.9. The van der Waals surface area contributed by atoms with Gasteiger partial charge in [-0.05, 0) is 71.8 Å².